The molecule has 0 fully saturated rings. The molecule has 0 bridgehead atoms. The molecular formula is C28H24N2O5. The summed E-state index contributed by atoms with van der Waals surface area (Å²) in [4.78, 5) is 37.1. The van der Waals surface area contributed by atoms with Crippen molar-refractivity contribution < 1.29 is 24.2 Å². The third kappa shape index (κ3) is 4.87. The van der Waals surface area contributed by atoms with Crippen LogP contribution in [0.1, 0.15) is 39.4 Å². The Kier molecular flexibility index (Phi) is 6.83. The molecule has 2 amide bonds. The van der Waals surface area contributed by atoms with Crippen molar-refractivity contribution in [2.45, 2.75) is 25.3 Å². The maximum Gasteiger partial charge on any atom is 0.407 e. The van der Waals surface area contributed by atoms with E-state index < -0.39 is 24.0 Å². The SMILES string of the molecule is C#CCC(NC(=O)OCC1c2ccccc2-c2ccccc21)C(=O)Nc1cccc(C)c1C(=O)O. The summed E-state index contributed by atoms with van der Waals surface area (Å²) in [6.45, 7) is 1.72. The molecule has 3 aromatic carbocycles. The molecule has 0 aliphatic heterocycles. The highest BCUT2D eigenvalue weighted by atomic mass is 16.5. The number of hydrogen-bond donors (Lipinski definition) is 3. The number of carboxylic acids is 1. The van der Waals surface area contributed by atoms with Crippen molar-refractivity contribution in [2.24, 2.45) is 0 Å². The summed E-state index contributed by atoms with van der Waals surface area (Å²) in [5.74, 6) is 0.433. The zero-order valence-electron chi connectivity index (χ0n) is 19.1. The molecule has 7 heteroatoms. The highest BCUT2D eigenvalue weighted by Crippen LogP contribution is 2.44. The Balaban J connectivity index is 1.44. The minimum absolute atomic E-state index is 0.0264. The molecule has 0 saturated carbocycles. The second-order valence-electron chi connectivity index (χ2n) is 8.22. The van der Waals surface area contributed by atoms with Crippen LogP contribution in [0.25, 0.3) is 11.1 Å². The zero-order chi connectivity index (χ0) is 24.9. The number of terminal acetylenes is 1. The lowest BCUT2D eigenvalue weighted by molar-refractivity contribution is -0.118. The Morgan fingerprint density at radius 3 is 2.23 bits per heavy atom. The maximum atomic E-state index is 12.8. The van der Waals surface area contributed by atoms with Gasteiger partial charge in [-0.3, -0.25) is 4.79 Å². The van der Waals surface area contributed by atoms with Gasteiger partial charge >= 0.3 is 12.1 Å². The first-order valence-corrected chi connectivity index (χ1v) is 11.1. The fraction of sp³-hybridized carbons (Fsp3) is 0.179. The zero-order valence-corrected chi connectivity index (χ0v) is 19.1. The molecule has 7 nitrogen and oxygen atoms in total. The van der Waals surface area contributed by atoms with Gasteiger partial charge in [-0.1, -0.05) is 60.7 Å². The van der Waals surface area contributed by atoms with Gasteiger partial charge in [0.2, 0.25) is 5.91 Å². The van der Waals surface area contributed by atoms with E-state index in [2.05, 4.69) is 16.6 Å². The van der Waals surface area contributed by atoms with Crippen molar-refractivity contribution >= 4 is 23.7 Å². The molecular weight excluding hydrogens is 444 g/mol. The van der Waals surface area contributed by atoms with Crippen LogP contribution in [0.4, 0.5) is 10.5 Å². The molecule has 0 saturated heterocycles. The third-order valence-corrected chi connectivity index (χ3v) is 6.02. The van der Waals surface area contributed by atoms with Gasteiger partial charge in [0.25, 0.3) is 0 Å². The number of amides is 2. The lowest BCUT2D eigenvalue weighted by atomic mass is 9.98. The molecule has 0 radical (unpaired) electrons. The second-order valence-corrected chi connectivity index (χ2v) is 8.22. The Hall–Kier alpha value is -4.57. The van der Waals surface area contributed by atoms with E-state index in [-0.39, 0.29) is 30.2 Å². The number of carbonyl (C=O) groups excluding carboxylic acids is 2. The van der Waals surface area contributed by atoms with Gasteiger partial charge in [-0.2, -0.15) is 0 Å². The van der Waals surface area contributed by atoms with Crippen LogP contribution in [0.5, 0.6) is 0 Å². The van der Waals surface area contributed by atoms with E-state index in [0.29, 0.717) is 5.56 Å². The van der Waals surface area contributed by atoms with Crippen LogP contribution in [0.15, 0.2) is 66.7 Å². The van der Waals surface area contributed by atoms with Crippen LogP contribution >= 0.6 is 0 Å². The number of fused-ring (bicyclic) bond motifs is 3. The summed E-state index contributed by atoms with van der Waals surface area (Å²) in [6, 6.07) is 19.6. The van der Waals surface area contributed by atoms with Crippen LogP contribution < -0.4 is 10.6 Å². The first-order valence-electron chi connectivity index (χ1n) is 11.1. The van der Waals surface area contributed by atoms with E-state index in [1.807, 2.05) is 48.5 Å². The number of aromatic carboxylic acids is 1. The molecule has 3 aromatic rings. The number of anilines is 1. The Bertz CT molecular complexity index is 1300. The lowest BCUT2D eigenvalue weighted by Gasteiger charge is -2.19. The predicted molar refractivity (Wildman–Crippen MR) is 132 cm³/mol. The number of carboxylic acid groups (broad SMARTS) is 1. The summed E-state index contributed by atoms with van der Waals surface area (Å²) < 4.78 is 5.51. The summed E-state index contributed by atoms with van der Waals surface area (Å²) in [7, 11) is 0. The number of ether oxygens (including phenoxy) is 1. The van der Waals surface area contributed by atoms with Gasteiger partial charge in [0.1, 0.15) is 12.6 Å². The monoisotopic (exact) mass is 468 g/mol. The van der Waals surface area contributed by atoms with Crippen LogP contribution in [0.3, 0.4) is 0 Å². The topological polar surface area (TPSA) is 105 Å². The van der Waals surface area contributed by atoms with Crippen molar-refractivity contribution in [2.75, 3.05) is 11.9 Å². The summed E-state index contributed by atoms with van der Waals surface area (Å²) in [5.41, 5.74) is 4.94. The smallest absolute Gasteiger partial charge is 0.407 e. The minimum atomic E-state index is -1.17. The van der Waals surface area contributed by atoms with Gasteiger partial charge in [-0.15, -0.1) is 12.3 Å². The molecule has 4 rings (SSSR count). The molecule has 3 N–H and O–H groups in total. The van der Waals surface area contributed by atoms with E-state index >= 15 is 0 Å². The summed E-state index contributed by atoms with van der Waals surface area (Å²) in [5, 5.41) is 14.6. The summed E-state index contributed by atoms with van der Waals surface area (Å²) >= 11 is 0. The first kappa shape index (κ1) is 23.6. The minimum Gasteiger partial charge on any atom is -0.478 e. The highest BCUT2D eigenvalue weighted by molar-refractivity contribution is 6.03. The molecule has 176 valence electrons. The van der Waals surface area contributed by atoms with Crippen LogP contribution in [0.2, 0.25) is 0 Å². The first-order chi connectivity index (χ1) is 16.9. The molecule has 35 heavy (non-hydrogen) atoms. The quantitative estimate of drug-likeness (QED) is 0.441. The molecule has 1 unspecified atom stereocenters. The van der Waals surface area contributed by atoms with Crippen molar-refractivity contribution in [3.63, 3.8) is 0 Å². The van der Waals surface area contributed by atoms with Crippen molar-refractivity contribution in [1.29, 1.82) is 0 Å². The van der Waals surface area contributed by atoms with Crippen LogP contribution in [-0.2, 0) is 9.53 Å². The largest absolute Gasteiger partial charge is 0.478 e. The van der Waals surface area contributed by atoms with Gasteiger partial charge in [0, 0.05) is 12.3 Å². The number of alkyl carbamates (subject to hydrolysis) is 1. The normalized spacial score (nSPS) is 12.6. The van der Waals surface area contributed by atoms with E-state index in [4.69, 9.17) is 11.2 Å². The van der Waals surface area contributed by atoms with Crippen LogP contribution in [-0.4, -0.2) is 35.7 Å². The fourth-order valence-corrected chi connectivity index (χ4v) is 4.39. The third-order valence-electron chi connectivity index (χ3n) is 6.02. The highest BCUT2D eigenvalue weighted by Gasteiger charge is 2.30. The number of benzene rings is 3. The second kappa shape index (κ2) is 10.1. The maximum absolute atomic E-state index is 12.8. The lowest BCUT2D eigenvalue weighted by Crippen LogP contribution is -2.44. The predicted octanol–water partition coefficient (Wildman–Crippen LogP) is 4.56. The van der Waals surface area contributed by atoms with Gasteiger partial charge in [0.05, 0.1) is 11.3 Å². The molecule has 1 atom stereocenters. The van der Waals surface area contributed by atoms with Gasteiger partial charge in [-0.05, 0) is 40.8 Å². The Morgan fingerprint density at radius 2 is 1.63 bits per heavy atom. The summed E-state index contributed by atoms with van der Waals surface area (Å²) in [6.07, 6.45) is 4.52. The molecule has 0 spiro atoms. The van der Waals surface area contributed by atoms with Crippen molar-refractivity contribution in [3.05, 3.63) is 89.0 Å². The standard InChI is InChI=1S/C28H24N2O5/c1-3-9-24(26(31)29-23-15-8-10-17(2)25(23)27(32)33)30-28(34)35-16-22-20-13-6-4-11-18(20)19-12-5-7-14-21(19)22/h1,4-8,10-15,22,24H,9,16H2,2H3,(H,29,31)(H,30,34)(H,32,33). The fourth-order valence-electron chi connectivity index (χ4n) is 4.39. The number of rotatable bonds is 7. The Morgan fingerprint density at radius 1 is 1.00 bits per heavy atom. The molecule has 1 aliphatic carbocycles. The Labute approximate surface area is 203 Å². The molecule has 0 aromatic heterocycles. The van der Waals surface area contributed by atoms with Crippen LogP contribution in [0, 0.1) is 19.3 Å². The van der Waals surface area contributed by atoms with Gasteiger partial charge < -0.3 is 20.5 Å². The van der Waals surface area contributed by atoms with Crippen molar-refractivity contribution in [3.8, 4) is 23.5 Å². The average Bonchev–Trinajstić information content (AvgIpc) is 3.16. The van der Waals surface area contributed by atoms with Crippen molar-refractivity contribution in [1.82, 2.24) is 5.32 Å². The van der Waals surface area contributed by atoms with Gasteiger partial charge in [0.15, 0.2) is 0 Å². The van der Waals surface area contributed by atoms with E-state index in [1.165, 1.54) is 6.07 Å². The number of carbonyl (C=O) groups is 3. The average molecular weight is 469 g/mol. The number of aryl methyl sites for hydroxylation is 1. The number of hydrogen-bond acceptors (Lipinski definition) is 4. The molecule has 1 aliphatic rings. The molecule has 0 heterocycles. The van der Waals surface area contributed by atoms with E-state index in [1.54, 1.807) is 19.1 Å². The number of nitrogens with one attached hydrogen (secondary N) is 2. The van der Waals surface area contributed by atoms with Gasteiger partial charge in [-0.25, -0.2) is 9.59 Å². The van der Waals surface area contributed by atoms with E-state index in [0.717, 1.165) is 22.3 Å². The van der Waals surface area contributed by atoms with E-state index in [9.17, 15) is 19.5 Å².